The predicted molar refractivity (Wildman–Crippen MR) is 72.0 cm³/mol. The zero-order valence-electron chi connectivity index (χ0n) is 11.7. The summed E-state index contributed by atoms with van der Waals surface area (Å²) in [6.07, 6.45) is 6.15. The second kappa shape index (κ2) is 5.80. The second-order valence-corrected chi connectivity index (χ2v) is 5.91. The van der Waals surface area contributed by atoms with Gasteiger partial charge >= 0.3 is 12.0 Å². The molecule has 0 aromatic carbocycles. The molecule has 2 aliphatic carbocycles. The van der Waals surface area contributed by atoms with Crippen molar-refractivity contribution in [3.8, 4) is 0 Å². The van der Waals surface area contributed by atoms with Gasteiger partial charge in [-0.3, -0.25) is 0 Å². The molecule has 0 heterocycles. The van der Waals surface area contributed by atoms with Gasteiger partial charge in [0.1, 0.15) is 5.54 Å². The fourth-order valence-corrected chi connectivity index (χ4v) is 2.81. The summed E-state index contributed by atoms with van der Waals surface area (Å²) < 4.78 is 0. The molecule has 5 nitrogen and oxygen atoms in total. The molecule has 0 radical (unpaired) electrons. The van der Waals surface area contributed by atoms with Crippen molar-refractivity contribution in [1.29, 1.82) is 0 Å². The molecule has 2 saturated carbocycles. The van der Waals surface area contributed by atoms with Crippen LogP contribution in [-0.2, 0) is 4.79 Å². The topological polar surface area (TPSA) is 69.6 Å². The molecule has 2 fully saturated rings. The lowest BCUT2D eigenvalue weighted by molar-refractivity contribution is -0.144. The number of nitrogens with one attached hydrogen (secondary N) is 1. The van der Waals surface area contributed by atoms with Crippen LogP contribution in [0.3, 0.4) is 0 Å². The molecule has 2 rings (SSSR count). The Labute approximate surface area is 114 Å². The Balaban J connectivity index is 1.97. The Bertz CT molecular complexity index is 347. The fourth-order valence-electron chi connectivity index (χ4n) is 2.81. The molecule has 0 aromatic rings. The molecule has 0 aliphatic heterocycles. The van der Waals surface area contributed by atoms with Gasteiger partial charge in [0.2, 0.25) is 0 Å². The largest absolute Gasteiger partial charge is 0.480 e. The maximum absolute atomic E-state index is 12.3. The highest BCUT2D eigenvalue weighted by Gasteiger charge is 2.43. The molecule has 108 valence electrons. The van der Waals surface area contributed by atoms with Crippen LogP contribution in [0.5, 0.6) is 0 Å². The summed E-state index contributed by atoms with van der Waals surface area (Å²) in [6, 6.07) is -0.196. The van der Waals surface area contributed by atoms with Crippen LogP contribution in [0.15, 0.2) is 0 Å². The molecule has 0 aromatic heterocycles. The molecular formula is C14H24N2O3. The van der Waals surface area contributed by atoms with E-state index >= 15 is 0 Å². The molecule has 0 saturated heterocycles. The SMILES string of the molecule is CCCN(CC1CC1)C(=O)NC1(C(=O)O)CCCC1. The number of amides is 2. The summed E-state index contributed by atoms with van der Waals surface area (Å²) >= 11 is 0. The molecule has 0 atom stereocenters. The van der Waals surface area contributed by atoms with Crippen molar-refractivity contribution in [2.75, 3.05) is 13.1 Å². The van der Waals surface area contributed by atoms with Crippen LogP contribution in [0.4, 0.5) is 4.79 Å². The number of hydrogen-bond acceptors (Lipinski definition) is 2. The van der Waals surface area contributed by atoms with Gasteiger partial charge in [0.25, 0.3) is 0 Å². The first-order valence-electron chi connectivity index (χ1n) is 7.38. The summed E-state index contributed by atoms with van der Waals surface area (Å²) in [6.45, 7) is 3.52. The van der Waals surface area contributed by atoms with E-state index in [-0.39, 0.29) is 6.03 Å². The molecule has 5 heteroatoms. The van der Waals surface area contributed by atoms with Crippen molar-refractivity contribution in [2.45, 2.75) is 57.4 Å². The van der Waals surface area contributed by atoms with Gasteiger partial charge in [0.15, 0.2) is 0 Å². The van der Waals surface area contributed by atoms with Gasteiger partial charge in [0, 0.05) is 13.1 Å². The Morgan fingerprint density at radius 1 is 1.32 bits per heavy atom. The van der Waals surface area contributed by atoms with E-state index in [0.717, 1.165) is 25.8 Å². The highest BCUT2D eigenvalue weighted by atomic mass is 16.4. The van der Waals surface area contributed by atoms with Crippen molar-refractivity contribution in [1.82, 2.24) is 10.2 Å². The second-order valence-electron chi connectivity index (χ2n) is 5.91. The number of nitrogens with zero attached hydrogens (tertiary/aromatic N) is 1. The van der Waals surface area contributed by atoms with Gasteiger partial charge in [-0.05, 0) is 38.0 Å². The van der Waals surface area contributed by atoms with Crippen molar-refractivity contribution in [3.63, 3.8) is 0 Å². The van der Waals surface area contributed by atoms with Gasteiger partial charge < -0.3 is 15.3 Å². The Morgan fingerprint density at radius 2 is 1.95 bits per heavy atom. The number of rotatable bonds is 6. The van der Waals surface area contributed by atoms with Crippen LogP contribution in [0.2, 0.25) is 0 Å². The van der Waals surface area contributed by atoms with Gasteiger partial charge in [-0.25, -0.2) is 9.59 Å². The van der Waals surface area contributed by atoms with Gasteiger partial charge in [0.05, 0.1) is 0 Å². The Kier molecular flexibility index (Phi) is 4.32. The van der Waals surface area contributed by atoms with E-state index in [1.165, 1.54) is 12.8 Å². The first kappa shape index (κ1) is 14.2. The van der Waals surface area contributed by atoms with Crippen molar-refractivity contribution < 1.29 is 14.7 Å². The minimum Gasteiger partial charge on any atom is -0.480 e. The number of carbonyl (C=O) groups is 2. The lowest BCUT2D eigenvalue weighted by Crippen LogP contribution is -2.56. The molecule has 2 N–H and O–H groups in total. The summed E-state index contributed by atoms with van der Waals surface area (Å²) in [4.78, 5) is 25.5. The van der Waals surface area contributed by atoms with E-state index in [1.54, 1.807) is 4.90 Å². The molecule has 0 unspecified atom stereocenters. The van der Waals surface area contributed by atoms with E-state index in [2.05, 4.69) is 5.32 Å². The number of aliphatic carboxylic acids is 1. The van der Waals surface area contributed by atoms with E-state index in [1.807, 2.05) is 6.92 Å². The van der Waals surface area contributed by atoms with Crippen LogP contribution < -0.4 is 5.32 Å². The van der Waals surface area contributed by atoms with Crippen LogP contribution in [0.25, 0.3) is 0 Å². The van der Waals surface area contributed by atoms with E-state index < -0.39 is 11.5 Å². The Morgan fingerprint density at radius 3 is 2.42 bits per heavy atom. The quantitative estimate of drug-likeness (QED) is 0.776. The highest BCUT2D eigenvalue weighted by Crippen LogP contribution is 2.32. The third-order valence-electron chi connectivity index (χ3n) is 4.17. The Hall–Kier alpha value is -1.26. The average molecular weight is 268 g/mol. The summed E-state index contributed by atoms with van der Waals surface area (Å²) in [5, 5.41) is 12.2. The smallest absolute Gasteiger partial charge is 0.329 e. The van der Waals surface area contributed by atoms with Crippen molar-refractivity contribution >= 4 is 12.0 Å². The molecule has 0 bridgehead atoms. The summed E-state index contributed by atoms with van der Waals surface area (Å²) in [7, 11) is 0. The first-order valence-corrected chi connectivity index (χ1v) is 7.38. The lowest BCUT2D eigenvalue weighted by atomic mass is 9.98. The normalized spacial score (nSPS) is 21.1. The van der Waals surface area contributed by atoms with E-state index in [0.29, 0.717) is 25.3 Å². The standard InChI is InChI=1S/C14H24N2O3/c1-2-9-16(10-11-5-6-11)13(19)15-14(12(17)18)7-3-4-8-14/h11H,2-10H2,1H3,(H,15,19)(H,17,18). The molecular weight excluding hydrogens is 244 g/mol. The van der Waals surface area contributed by atoms with Crippen LogP contribution in [-0.4, -0.2) is 40.6 Å². The van der Waals surface area contributed by atoms with E-state index in [4.69, 9.17) is 0 Å². The number of carbonyl (C=O) groups excluding carboxylic acids is 1. The lowest BCUT2D eigenvalue weighted by Gasteiger charge is -2.30. The zero-order chi connectivity index (χ0) is 13.9. The summed E-state index contributed by atoms with van der Waals surface area (Å²) in [5.74, 6) is -0.261. The third kappa shape index (κ3) is 3.39. The van der Waals surface area contributed by atoms with Crippen LogP contribution >= 0.6 is 0 Å². The van der Waals surface area contributed by atoms with Gasteiger partial charge in [-0.15, -0.1) is 0 Å². The van der Waals surface area contributed by atoms with E-state index in [9.17, 15) is 14.7 Å². The molecule has 19 heavy (non-hydrogen) atoms. The highest BCUT2D eigenvalue weighted by molar-refractivity contribution is 5.86. The maximum atomic E-state index is 12.3. The minimum atomic E-state index is -1.02. The molecule has 0 spiro atoms. The van der Waals surface area contributed by atoms with Crippen molar-refractivity contribution in [2.24, 2.45) is 5.92 Å². The minimum absolute atomic E-state index is 0.196. The number of urea groups is 1. The predicted octanol–water partition coefficient (Wildman–Crippen LogP) is 2.22. The number of carboxylic acids is 1. The van der Waals surface area contributed by atoms with Gasteiger partial charge in [-0.1, -0.05) is 19.8 Å². The van der Waals surface area contributed by atoms with Gasteiger partial charge in [-0.2, -0.15) is 0 Å². The zero-order valence-corrected chi connectivity index (χ0v) is 11.7. The fraction of sp³-hybridized carbons (Fsp3) is 0.857. The van der Waals surface area contributed by atoms with Crippen LogP contribution in [0.1, 0.15) is 51.9 Å². The maximum Gasteiger partial charge on any atom is 0.329 e. The average Bonchev–Trinajstić information content (AvgIpc) is 3.05. The van der Waals surface area contributed by atoms with Crippen molar-refractivity contribution in [3.05, 3.63) is 0 Å². The third-order valence-corrected chi connectivity index (χ3v) is 4.17. The number of carboxylic acid groups (broad SMARTS) is 1. The molecule has 2 aliphatic rings. The first-order chi connectivity index (χ1) is 9.07. The van der Waals surface area contributed by atoms with Crippen LogP contribution in [0, 0.1) is 5.92 Å². The monoisotopic (exact) mass is 268 g/mol. The summed E-state index contributed by atoms with van der Waals surface area (Å²) in [5.41, 5.74) is -1.02. The number of hydrogen-bond donors (Lipinski definition) is 2. The molecule has 2 amide bonds.